The van der Waals surface area contributed by atoms with E-state index in [1.807, 2.05) is 19.1 Å². The Morgan fingerprint density at radius 2 is 2.17 bits per heavy atom. The van der Waals surface area contributed by atoms with Gasteiger partial charge in [0, 0.05) is 25.3 Å². The Bertz CT molecular complexity index is 794. The highest BCUT2D eigenvalue weighted by Crippen LogP contribution is 2.15. The Labute approximate surface area is 174 Å². The zero-order chi connectivity index (χ0) is 20.8. The molecule has 2 heterocycles. The highest BCUT2D eigenvalue weighted by Gasteiger charge is 2.34. The summed E-state index contributed by atoms with van der Waals surface area (Å²) in [4.78, 5) is 38.7. The zero-order valence-electron chi connectivity index (χ0n) is 16.3. The van der Waals surface area contributed by atoms with Gasteiger partial charge in [0.25, 0.3) is 5.91 Å². The summed E-state index contributed by atoms with van der Waals surface area (Å²) in [6.45, 7) is 3.46. The van der Waals surface area contributed by atoms with Gasteiger partial charge in [0.1, 0.15) is 12.6 Å². The first-order valence-corrected chi connectivity index (χ1v) is 10.1. The molecule has 2 amide bonds. The normalized spacial score (nSPS) is 21.4. The van der Waals surface area contributed by atoms with Crippen molar-refractivity contribution < 1.29 is 23.9 Å². The second kappa shape index (κ2) is 9.80. The van der Waals surface area contributed by atoms with Crippen LogP contribution in [0.2, 0.25) is 0 Å². The summed E-state index contributed by atoms with van der Waals surface area (Å²) in [5, 5.41) is 5.52. The smallest absolute Gasteiger partial charge is 0.308 e. The van der Waals surface area contributed by atoms with Crippen molar-refractivity contribution in [2.45, 2.75) is 38.3 Å². The zero-order valence-corrected chi connectivity index (χ0v) is 17.1. The molecule has 2 aliphatic rings. The number of hydrogen-bond donors (Lipinski definition) is 2. The molecule has 9 heteroatoms. The first-order valence-electron chi connectivity index (χ1n) is 9.68. The van der Waals surface area contributed by atoms with Crippen LogP contribution in [0.1, 0.15) is 35.2 Å². The monoisotopic (exact) mass is 419 g/mol. The van der Waals surface area contributed by atoms with Crippen molar-refractivity contribution in [1.82, 2.24) is 15.5 Å². The van der Waals surface area contributed by atoms with Gasteiger partial charge in [-0.15, -0.1) is 0 Å². The van der Waals surface area contributed by atoms with Crippen molar-refractivity contribution in [3.63, 3.8) is 0 Å². The van der Waals surface area contributed by atoms with Crippen LogP contribution in [0.3, 0.4) is 0 Å². The van der Waals surface area contributed by atoms with Crippen LogP contribution >= 0.6 is 12.2 Å². The molecule has 156 valence electrons. The number of hydrogen-bond acceptors (Lipinski definition) is 6. The van der Waals surface area contributed by atoms with E-state index >= 15 is 0 Å². The highest BCUT2D eigenvalue weighted by molar-refractivity contribution is 7.80. The van der Waals surface area contributed by atoms with Crippen LogP contribution in [0.15, 0.2) is 24.3 Å². The molecule has 2 unspecified atom stereocenters. The summed E-state index contributed by atoms with van der Waals surface area (Å²) in [5.74, 6) is -1.17. The average Bonchev–Trinajstić information content (AvgIpc) is 3.22. The number of nitrogens with zero attached hydrogens (tertiary/aromatic N) is 1. The summed E-state index contributed by atoms with van der Waals surface area (Å²) < 4.78 is 10.7. The molecule has 1 aromatic rings. The van der Waals surface area contributed by atoms with Gasteiger partial charge in [-0.3, -0.25) is 19.7 Å². The molecular formula is C20H25N3O5S. The van der Waals surface area contributed by atoms with E-state index in [4.69, 9.17) is 21.7 Å². The second-order valence-corrected chi connectivity index (χ2v) is 7.48. The standard InChI is InChI=1S/C20H25N3O5S/c1-13-5-2-3-7-15(13)18(25)22-20(29)23-9-8-21-19(26)16(23)11-17(24)28-12-14-6-4-10-27-14/h2-3,5,7,14,16H,4,6,8-12H2,1H3,(H,21,26)(H,22,25,29). The number of nitrogens with one attached hydrogen (secondary N) is 2. The highest BCUT2D eigenvalue weighted by atomic mass is 32.1. The van der Waals surface area contributed by atoms with E-state index in [-0.39, 0.29) is 36.1 Å². The number of piperazine rings is 1. The van der Waals surface area contributed by atoms with Crippen molar-refractivity contribution in [2.24, 2.45) is 0 Å². The van der Waals surface area contributed by atoms with Crippen LogP contribution in [0, 0.1) is 6.92 Å². The summed E-state index contributed by atoms with van der Waals surface area (Å²) in [6.07, 6.45) is 1.58. The van der Waals surface area contributed by atoms with Crippen molar-refractivity contribution in [1.29, 1.82) is 0 Å². The molecule has 2 atom stereocenters. The lowest BCUT2D eigenvalue weighted by molar-refractivity contribution is -0.150. The van der Waals surface area contributed by atoms with Gasteiger partial charge >= 0.3 is 5.97 Å². The Hall–Kier alpha value is -2.52. The number of amides is 2. The van der Waals surface area contributed by atoms with E-state index in [1.165, 1.54) is 0 Å². The maximum atomic E-state index is 12.5. The van der Waals surface area contributed by atoms with E-state index in [0.717, 1.165) is 18.4 Å². The summed E-state index contributed by atoms with van der Waals surface area (Å²) >= 11 is 5.37. The first-order chi connectivity index (χ1) is 14.0. The summed E-state index contributed by atoms with van der Waals surface area (Å²) in [6, 6.07) is 6.32. The molecule has 1 aromatic carbocycles. The lowest BCUT2D eigenvalue weighted by atomic mass is 10.1. The van der Waals surface area contributed by atoms with Gasteiger partial charge in [0.05, 0.1) is 12.5 Å². The lowest BCUT2D eigenvalue weighted by Crippen LogP contribution is -2.60. The van der Waals surface area contributed by atoms with Gasteiger partial charge in [-0.1, -0.05) is 18.2 Å². The predicted octanol–water partition coefficient (Wildman–Crippen LogP) is 0.922. The number of aryl methyl sites for hydroxylation is 1. The summed E-state index contributed by atoms with van der Waals surface area (Å²) in [5.41, 5.74) is 1.32. The van der Waals surface area contributed by atoms with Gasteiger partial charge in [-0.05, 0) is 43.6 Å². The van der Waals surface area contributed by atoms with Crippen LogP contribution in [0.25, 0.3) is 0 Å². The molecular weight excluding hydrogens is 394 g/mol. The van der Waals surface area contributed by atoms with Crippen molar-refractivity contribution in [3.8, 4) is 0 Å². The third-order valence-electron chi connectivity index (χ3n) is 5.02. The number of rotatable bonds is 5. The van der Waals surface area contributed by atoms with Gasteiger partial charge in [-0.2, -0.15) is 0 Å². The number of esters is 1. The number of ether oxygens (including phenoxy) is 2. The molecule has 2 saturated heterocycles. The Balaban J connectivity index is 1.60. The minimum atomic E-state index is -0.828. The fourth-order valence-electron chi connectivity index (χ4n) is 3.40. The van der Waals surface area contributed by atoms with Crippen molar-refractivity contribution in [2.75, 3.05) is 26.3 Å². The Kier molecular flexibility index (Phi) is 7.16. The Morgan fingerprint density at radius 1 is 1.38 bits per heavy atom. The van der Waals surface area contributed by atoms with E-state index in [1.54, 1.807) is 17.0 Å². The van der Waals surface area contributed by atoms with Crippen LogP contribution in [-0.2, 0) is 19.1 Å². The minimum absolute atomic E-state index is 0.0790. The molecule has 0 aromatic heterocycles. The molecule has 3 rings (SSSR count). The van der Waals surface area contributed by atoms with Crippen LogP contribution < -0.4 is 10.6 Å². The molecule has 0 spiro atoms. The second-order valence-electron chi connectivity index (χ2n) is 7.10. The number of thiocarbonyl (C=S) groups is 1. The molecule has 8 nitrogen and oxygen atoms in total. The SMILES string of the molecule is Cc1ccccc1C(=O)NC(=S)N1CCNC(=O)C1CC(=O)OCC1CCCO1. The lowest BCUT2D eigenvalue weighted by Gasteiger charge is -2.36. The molecule has 0 aliphatic carbocycles. The maximum Gasteiger partial charge on any atom is 0.308 e. The Morgan fingerprint density at radius 3 is 2.90 bits per heavy atom. The van der Waals surface area contributed by atoms with Gasteiger partial charge in [0.2, 0.25) is 5.91 Å². The van der Waals surface area contributed by atoms with E-state index < -0.39 is 12.0 Å². The number of carbonyl (C=O) groups is 3. The fourth-order valence-corrected chi connectivity index (χ4v) is 3.71. The van der Waals surface area contributed by atoms with Gasteiger partial charge < -0.3 is 19.7 Å². The van der Waals surface area contributed by atoms with E-state index in [2.05, 4.69) is 10.6 Å². The molecule has 29 heavy (non-hydrogen) atoms. The van der Waals surface area contributed by atoms with Crippen molar-refractivity contribution >= 4 is 35.1 Å². The van der Waals surface area contributed by atoms with Crippen LogP contribution in [-0.4, -0.2) is 66.2 Å². The van der Waals surface area contributed by atoms with Gasteiger partial charge in [-0.25, -0.2) is 0 Å². The molecule has 0 bridgehead atoms. The summed E-state index contributed by atoms with van der Waals surface area (Å²) in [7, 11) is 0. The number of benzene rings is 1. The first kappa shape index (κ1) is 21.2. The molecule has 2 aliphatic heterocycles. The predicted molar refractivity (Wildman–Crippen MR) is 109 cm³/mol. The maximum absolute atomic E-state index is 12.5. The van der Waals surface area contributed by atoms with Gasteiger partial charge in [0.15, 0.2) is 5.11 Å². The molecule has 2 N–H and O–H groups in total. The third kappa shape index (κ3) is 5.51. The molecule has 2 fully saturated rings. The van der Waals surface area contributed by atoms with Crippen LogP contribution in [0.5, 0.6) is 0 Å². The van der Waals surface area contributed by atoms with E-state index in [9.17, 15) is 14.4 Å². The molecule has 0 saturated carbocycles. The van der Waals surface area contributed by atoms with E-state index in [0.29, 0.717) is 25.3 Å². The van der Waals surface area contributed by atoms with Crippen LogP contribution in [0.4, 0.5) is 0 Å². The minimum Gasteiger partial charge on any atom is -0.463 e. The fraction of sp³-hybridized carbons (Fsp3) is 0.500. The third-order valence-corrected chi connectivity index (χ3v) is 5.35. The largest absolute Gasteiger partial charge is 0.463 e. The number of carbonyl (C=O) groups excluding carboxylic acids is 3. The quantitative estimate of drug-likeness (QED) is 0.541. The van der Waals surface area contributed by atoms with Crippen molar-refractivity contribution in [3.05, 3.63) is 35.4 Å². The molecule has 0 radical (unpaired) electrons. The topological polar surface area (TPSA) is 97.0 Å². The average molecular weight is 420 g/mol.